The molecule has 1 aliphatic heterocycles. The zero-order valence-electron chi connectivity index (χ0n) is 7.58. The molecule has 0 spiro atoms. The van der Waals surface area contributed by atoms with Crippen molar-refractivity contribution in [2.45, 2.75) is 31.8 Å². The molecule has 70 valence electrons. The van der Waals surface area contributed by atoms with Gasteiger partial charge in [-0.1, -0.05) is 0 Å². The molecule has 2 rings (SSSR count). The minimum Gasteiger partial charge on any atom is -0.305 e. The zero-order chi connectivity index (χ0) is 9.26. The highest BCUT2D eigenvalue weighted by molar-refractivity contribution is 5.80. The van der Waals surface area contributed by atoms with Crippen LogP contribution in [0.15, 0.2) is 12.3 Å². The van der Waals surface area contributed by atoms with Gasteiger partial charge in [0.25, 0.3) is 0 Å². The maximum absolute atomic E-state index is 11.3. The molecule has 2 unspecified atom stereocenters. The summed E-state index contributed by atoms with van der Waals surface area (Å²) in [6, 6.07) is 2.30. The first-order valence-corrected chi connectivity index (χ1v) is 4.52. The number of nitrogens with one attached hydrogen (secondary N) is 2. The van der Waals surface area contributed by atoms with E-state index in [-0.39, 0.29) is 12.1 Å². The van der Waals surface area contributed by atoms with Crippen molar-refractivity contribution in [1.82, 2.24) is 15.5 Å². The first-order chi connectivity index (χ1) is 6.25. The number of piperidine rings is 1. The number of carbonyl (C=O) groups excluding carboxylic acids is 1. The highest BCUT2D eigenvalue weighted by Gasteiger charge is 2.25. The Morgan fingerprint density at radius 3 is 3.00 bits per heavy atom. The van der Waals surface area contributed by atoms with Crippen molar-refractivity contribution in [3.63, 3.8) is 0 Å². The number of hydrogen-bond acceptors (Lipinski definition) is 3. The average Bonchev–Trinajstić information content (AvgIpc) is 2.53. The number of ketones is 1. The van der Waals surface area contributed by atoms with E-state index < -0.39 is 0 Å². The number of rotatable bonds is 1. The maximum Gasteiger partial charge on any atom is 0.136 e. The molecule has 1 fully saturated rings. The lowest BCUT2D eigenvalue weighted by molar-refractivity contribution is -0.121. The van der Waals surface area contributed by atoms with Crippen molar-refractivity contribution in [2.24, 2.45) is 0 Å². The fourth-order valence-electron chi connectivity index (χ4n) is 1.77. The van der Waals surface area contributed by atoms with Crippen LogP contribution >= 0.6 is 0 Å². The third kappa shape index (κ3) is 1.78. The van der Waals surface area contributed by atoms with Crippen LogP contribution in [0.3, 0.4) is 0 Å². The van der Waals surface area contributed by atoms with Gasteiger partial charge in [-0.15, -0.1) is 0 Å². The normalized spacial score (nSPS) is 29.2. The van der Waals surface area contributed by atoms with Crippen LogP contribution in [0.1, 0.15) is 31.5 Å². The van der Waals surface area contributed by atoms with E-state index in [4.69, 9.17) is 0 Å². The standard InChI is InChI=1S/C9H13N3O/c1-6-4-7(13)5-9(11-6)8-2-3-10-12-8/h2-3,6,9,11H,4-5H2,1H3,(H,10,12). The molecule has 1 aliphatic rings. The summed E-state index contributed by atoms with van der Waals surface area (Å²) in [4.78, 5) is 11.3. The number of nitrogens with zero attached hydrogens (tertiary/aromatic N) is 1. The molecular weight excluding hydrogens is 166 g/mol. The summed E-state index contributed by atoms with van der Waals surface area (Å²) in [5, 5.41) is 10.1. The molecule has 1 saturated heterocycles. The lowest BCUT2D eigenvalue weighted by Crippen LogP contribution is -2.39. The van der Waals surface area contributed by atoms with Gasteiger partial charge in [0.05, 0.1) is 11.7 Å². The quantitative estimate of drug-likeness (QED) is 0.670. The summed E-state index contributed by atoms with van der Waals surface area (Å²) in [5.74, 6) is 0.325. The first-order valence-electron chi connectivity index (χ1n) is 4.52. The molecule has 13 heavy (non-hydrogen) atoms. The lowest BCUT2D eigenvalue weighted by atomic mass is 9.96. The predicted molar refractivity (Wildman–Crippen MR) is 48.2 cm³/mol. The highest BCUT2D eigenvalue weighted by atomic mass is 16.1. The van der Waals surface area contributed by atoms with Gasteiger partial charge in [-0.25, -0.2) is 0 Å². The Bertz CT molecular complexity index is 294. The molecule has 4 heteroatoms. The average molecular weight is 179 g/mol. The van der Waals surface area contributed by atoms with Crippen LogP contribution in [0.5, 0.6) is 0 Å². The van der Waals surface area contributed by atoms with Crippen molar-refractivity contribution in [2.75, 3.05) is 0 Å². The van der Waals surface area contributed by atoms with E-state index in [1.807, 2.05) is 13.0 Å². The van der Waals surface area contributed by atoms with Crippen LogP contribution in [0.4, 0.5) is 0 Å². The largest absolute Gasteiger partial charge is 0.305 e. The van der Waals surface area contributed by atoms with Gasteiger partial charge in [0.1, 0.15) is 5.78 Å². The summed E-state index contributed by atoms with van der Waals surface area (Å²) < 4.78 is 0. The Balaban J connectivity index is 2.12. The first kappa shape index (κ1) is 8.44. The maximum atomic E-state index is 11.3. The van der Waals surface area contributed by atoms with E-state index in [1.54, 1.807) is 6.20 Å². The minimum atomic E-state index is 0.124. The second-order valence-electron chi connectivity index (χ2n) is 3.58. The van der Waals surface area contributed by atoms with Gasteiger partial charge in [0.2, 0.25) is 0 Å². The Hall–Kier alpha value is -1.16. The summed E-state index contributed by atoms with van der Waals surface area (Å²) in [5.41, 5.74) is 1.000. The summed E-state index contributed by atoms with van der Waals surface area (Å²) in [6.45, 7) is 2.03. The van der Waals surface area contributed by atoms with Gasteiger partial charge in [-0.05, 0) is 13.0 Å². The third-order valence-corrected chi connectivity index (χ3v) is 2.35. The van der Waals surface area contributed by atoms with Gasteiger partial charge >= 0.3 is 0 Å². The van der Waals surface area contributed by atoms with E-state index in [2.05, 4.69) is 15.5 Å². The fraction of sp³-hybridized carbons (Fsp3) is 0.556. The zero-order valence-corrected chi connectivity index (χ0v) is 7.58. The molecule has 0 bridgehead atoms. The van der Waals surface area contributed by atoms with Crippen LogP contribution in [-0.4, -0.2) is 22.0 Å². The molecule has 0 aromatic carbocycles. The van der Waals surface area contributed by atoms with Gasteiger partial charge < -0.3 is 5.32 Å². The molecule has 2 atom stereocenters. The number of hydrogen-bond donors (Lipinski definition) is 2. The van der Waals surface area contributed by atoms with Crippen molar-refractivity contribution in [1.29, 1.82) is 0 Å². The van der Waals surface area contributed by atoms with Gasteiger partial charge in [-0.2, -0.15) is 5.10 Å². The molecule has 1 aromatic rings. The van der Waals surface area contributed by atoms with E-state index in [9.17, 15) is 4.79 Å². The SMILES string of the molecule is CC1CC(=O)CC(c2ccn[nH]2)N1. The molecule has 4 nitrogen and oxygen atoms in total. The van der Waals surface area contributed by atoms with Crippen LogP contribution in [-0.2, 0) is 4.79 Å². The molecule has 0 saturated carbocycles. The van der Waals surface area contributed by atoms with Crippen LogP contribution in [0.2, 0.25) is 0 Å². The molecule has 1 aromatic heterocycles. The smallest absolute Gasteiger partial charge is 0.136 e. The van der Waals surface area contributed by atoms with E-state index >= 15 is 0 Å². The number of carbonyl (C=O) groups is 1. The van der Waals surface area contributed by atoms with Crippen LogP contribution in [0, 0.1) is 0 Å². The number of aromatic amines is 1. The third-order valence-electron chi connectivity index (χ3n) is 2.35. The fourth-order valence-corrected chi connectivity index (χ4v) is 1.77. The summed E-state index contributed by atoms with van der Waals surface area (Å²) >= 11 is 0. The van der Waals surface area contributed by atoms with Crippen LogP contribution in [0.25, 0.3) is 0 Å². The molecule has 0 radical (unpaired) electrons. The highest BCUT2D eigenvalue weighted by Crippen LogP contribution is 2.21. The second kappa shape index (κ2) is 3.30. The van der Waals surface area contributed by atoms with Crippen molar-refractivity contribution < 1.29 is 4.79 Å². The Labute approximate surface area is 76.7 Å². The molecule has 0 amide bonds. The molecule has 0 aliphatic carbocycles. The van der Waals surface area contributed by atoms with E-state index in [0.29, 0.717) is 18.6 Å². The van der Waals surface area contributed by atoms with E-state index in [0.717, 1.165) is 5.69 Å². The number of Topliss-reactive ketones (excluding diaryl/α,β-unsaturated/α-hetero) is 1. The Morgan fingerprint density at radius 2 is 2.38 bits per heavy atom. The van der Waals surface area contributed by atoms with Crippen molar-refractivity contribution in [3.8, 4) is 0 Å². The topological polar surface area (TPSA) is 57.8 Å². The monoisotopic (exact) mass is 179 g/mol. The second-order valence-corrected chi connectivity index (χ2v) is 3.58. The molecule has 2 heterocycles. The van der Waals surface area contributed by atoms with Gasteiger partial charge in [-0.3, -0.25) is 9.89 Å². The number of H-pyrrole nitrogens is 1. The summed E-state index contributed by atoms with van der Waals surface area (Å²) in [7, 11) is 0. The molecule has 2 N–H and O–H groups in total. The van der Waals surface area contributed by atoms with Crippen molar-refractivity contribution >= 4 is 5.78 Å². The minimum absolute atomic E-state index is 0.124. The van der Waals surface area contributed by atoms with Crippen LogP contribution < -0.4 is 5.32 Å². The van der Waals surface area contributed by atoms with Gasteiger partial charge in [0, 0.05) is 25.1 Å². The van der Waals surface area contributed by atoms with Crippen molar-refractivity contribution in [3.05, 3.63) is 18.0 Å². The predicted octanol–water partition coefficient (Wildman–Crippen LogP) is 0.792. The van der Waals surface area contributed by atoms with Gasteiger partial charge in [0.15, 0.2) is 0 Å². The summed E-state index contributed by atoms with van der Waals surface area (Å²) in [6.07, 6.45) is 2.93. The Kier molecular flexibility index (Phi) is 2.14. The number of aromatic nitrogens is 2. The van der Waals surface area contributed by atoms with E-state index in [1.165, 1.54) is 0 Å². The Morgan fingerprint density at radius 1 is 1.54 bits per heavy atom. The lowest BCUT2D eigenvalue weighted by Gasteiger charge is -2.26. The molecular formula is C9H13N3O.